The number of amides is 1. The summed E-state index contributed by atoms with van der Waals surface area (Å²) in [6.07, 6.45) is 1.06. The minimum Gasteiger partial charge on any atom is -0.493 e. The molecule has 0 aliphatic rings. The number of sulfonamides is 1. The number of carbonyl (C=O) groups is 1. The molecule has 152 valence electrons. The number of anilines is 1. The monoisotopic (exact) mass is 406 g/mol. The summed E-state index contributed by atoms with van der Waals surface area (Å²) >= 11 is 0. The Balaban J connectivity index is 2.31. The molecule has 0 saturated carbocycles. The zero-order chi connectivity index (χ0) is 20.9. The van der Waals surface area contributed by atoms with E-state index in [4.69, 9.17) is 9.47 Å². The van der Waals surface area contributed by atoms with E-state index in [1.165, 1.54) is 20.3 Å². The van der Waals surface area contributed by atoms with Gasteiger partial charge in [0, 0.05) is 6.07 Å². The molecule has 2 aromatic carbocycles. The Morgan fingerprint density at radius 2 is 1.61 bits per heavy atom. The highest BCUT2D eigenvalue weighted by Gasteiger charge is 2.30. The van der Waals surface area contributed by atoms with Gasteiger partial charge in [0.15, 0.2) is 11.5 Å². The SMILES string of the molecule is COc1ccc(N([C@@H](C)C(=O)N[C@H](C)c2ccccc2)S(C)(=O)=O)cc1OC. The van der Waals surface area contributed by atoms with Crippen LogP contribution < -0.4 is 19.1 Å². The predicted octanol–water partition coefficient (Wildman–Crippen LogP) is 2.74. The highest BCUT2D eigenvalue weighted by Crippen LogP contribution is 2.33. The molecule has 1 amide bonds. The van der Waals surface area contributed by atoms with Crippen molar-refractivity contribution in [1.82, 2.24) is 5.32 Å². The highest BCUT2D eigenvalue weighted by molar-refractivity contribution is 7.92. The molecule has 0 aliphatic heterocycles. The fourth-order valence-electron chi connectivity index (χ4n) is 2.93. The number of carbonyl (C=O) groups excluding carboxylic acids is 1. The molecule has 8 heteroatoms. The van der Waals surface area contributed by atoms with Crippen LogP contribution in [0.15, 0.2) is 48.5 Å². The molecule has 0 unspecified atom stereocenters. The summed E-state index contributed by atoms with van der Waals surface area (Å²) in [5.74, 6) is 0.435. The maximum absolute atomic E-state index is 12.8. The lowest BCUT2D eigenvalue weighted by Gasteiger charge is -2.29. The highest BCUT2D eigenvalue weighted by atomic mass is 32.2. The van der Waals surface area contributed by atoms with E-state index in [9.17, 15) is 13.2 Å². The molecule has 0 spiro atoms. The molecule has 2 aromatic rings. The minimum absolute atomic E-state index is 0.261. The van der Waals surface area contributed by atoms with Gasteiger partial charge in [-0.15, -0.1) is 0 Å². The minimum atomic E-state index is -3.73. The third kappa shape index (κ3) is 4.95. The number of nitrogens with one attached hydrogen (secondary N) is 1. The van der Waals surface area contributed by atoms with E-state index in [1.54, 1.807) is 19.1 Å². The molecular weight excluding hydrogens is 380 g/mol. The summed E-state index contributed by atoms with van der Waals surface area (Å²) in [5, 5.41) is 2.87. The Kier molecular flexibility index (Phi) is 6.90. The maximum Gasteiger partial charge on any atom is 0.244 e. The molecule has 0 heterocycles. The van der Waals surface area contributed by atoms with Gasteiger partial charge >= 0.3 is 0 Å². The van der Waals surface area contributed by atoms with Gasteiger partial charge in [-0.05, 0) is 31.5 Å². The second-order valence-electron chi connectivity index (χ2n) is 6.42. The van der Waals surface area contributed by atoms with E-state index in [0.717, 1.165) is 16.1 Å². The number of nitrogens with zero attached hydrogens (tertiary/aromatic N) is 1. The van der Waals surface area contributed by atoms with Crippen LogP contribution in [0.25, 0.3) is 0 Å². The number of ether oxygens (including phenoxy) is 2. The molecule has 0 bridgehead atoms. The normalized spacial score (nSPS) is 13.3. The molecule has 2 rings (SSSR count). The largest absolute Gasteiger partial charge is 0.493 e. The van der Waals surface area contributed by atoms with Crippen LogP contribution in [0, 0.1) is 0 Å². The number of benzene rings is 2. The first-order valence-electron chi connectivity index (χ1n) is 8.75. The Hall–Kier alpha value is -2.74. The molecular formula is C20H26N2O5S. The van der Waals surface area contributed by atoms with Crippen molar-refractivity contribution in [2.24, 2.45) is 0 Å². The number of rotatable bonds is 8. The van der Waals surface area contributed by atoms with E-state index < -0.39 is 22.0 Å². The summed E-state index contributed by atoms with van der Waals surface area (Å²) in [5.41, 5.74) is 1.25. The van der Waals surface area contributed by atoms with Gasteiger partial charge in [0.1, 0.15) is 6.04 Å². The molecule has 0 saturated heterocycles. The van der Waals surface area contributed by atoms with Crippen LogP contribution in [-0.2, 0) is 14.8 Å². The Labute approximate surface area is 166 Å². The average molecular weight is 407 g/mol. The molecule has 7 nitrogen and oxygen atoms in total. The summed E-state index contributed by atoms with van der Waals surface area (Å²) in [4.78, 5) is 12.8. The second kappa shape index (κ2) is 8.97. The fraction of sp³-hybridized carbons (Fsp3) is 0.350. The molecule has 0 aliphatic carbocycles. The zero-order valence-electron chi connectivity index (χ0n) is 16.7. The number of hydrogen-bond donors (Lipinski definition) is 1. The van der Waals surface area contributed by atoms with E-state index in [2.05, 4.69) is 5.32 Å². The number of methoxy groups -OCH3 is 2. The van der Waals surface area contributed by atoms with Gasteiger partial charge in [0.25, 0.3) is 0 Å². The van der Waals surface area contributed by atoms with Gasteiger partial charge in [-0.25, -0.2) is 8.42 Å². The van der Waals surface area contributed by atoms with Crippen molar-refractivity contribution in [2.45, 2.75) is 25.9 Å². The second-order valence-corrected chi connectivity index (χ2v) is 8.27. The lowest BCUT2D eigenvalue weighted by molar-refractivity contribution is -0.122. The van der Waals surface area contributed by atoms with Gasteiger partial charge in [0.05, 0.1) is 32.2 Å². The van der Waals surface area contributed by atoms with Gasteiger partial charge in [0.2, 0.25) is 15.9 Å². The van der Waals surface area contributed by atoms with Gasteiger partial charge in [-0.1, -0.05) is 30.3 Å². The molecule has 0 aromatic heterocycles. The first kappa shape index (κ1) is 21.6. The van der Waals surface area contributed by atoms with Crippen molar-refractivity contribution in [3.05, 3.63) is 54.1 Å². The van der Waals surface area contributed by atoms with Crippen molar-refractivity contribution < 1.29 is 22.7 Å². The van der Waals surface area contributed by atoms with E-state index >= 15 is 0 Å². The zero-order valence-corrected chi connectivity index (χ0v) is 17.5. The quantitative estimate of drug-likeness (QED) is 0.729. The van der Waals surface area contributed by atoms with Crippen LogP contribution in [0.4, 0.5) is 5.69 Å². The lowest BCUT2D eigenvalue weighted by Crippen LogP contribution is -2.48. The average Bonchev–Trinajstić information content (AvgIpc) is 2.67. The number of hydrogen-bond acceptors (Lipinski definition) is 5. The fourth-order valence-corrected chi connectivity index (χ4v) is 4.10. The smallest absolute Gasteiger partial charge is 0.244 e. The first-order valence-corrected chi connectivity index (χ1v) is 10.6. The van der Waals surface area contributed by atoms with Gasteiger partial charge in [-0.2, -0.15) is 0 Å². The van der Waals surface area contributed by atoms with Crippen molar-refractivity contribution >= 4 is 21.6 Å². The Morgan fingerprint density at radius 1 is 1.00 bits per heavy atom. The summed E-state index contributed by atoms with van der Waals surface area (Å²) < 4.78 is 36.4. The van der Waals surface area contributed by atoms with Crippen LogP contribution in [0.1, 0.15) is 25.5 Å². The summed E-state index contributed by atoms with van der Waals surface area (Å²) in [6.45, 7) is 3.39. The van der Waals surface area contributed by atoms with Crippen LogP contribution in [0.3, 0.4) is 0 Å². The standard InChI is InChI=1S/C20H26N2O5S/c1-14(16-9-7-6-8-10-16)21-20(23)15(2)22(28(5,24)25)17-11-12-18(26-3)19(13-17)27-4/h6-15H,1-5H3,(H,21,23)/t14-,15+/m1/s1. The topological polar surface area (TPSA) is 84.9 Å². The molecule has 28 heavy (non-hydrogen) atoms. The van der Waals surface area contributed by atoms with Crippen molar-refractivity contribution in [2.75, 3.05) is 24.8 Å². The van der Waals surface area contributed by atoms with Gasteiger partial charge in [-0.3, -0.25) is 9.10 Å². The van der Waals surface area contributed by atoms with Gasteiger partial charge < -0.3 is 14.8 Å². The van der Waals surface area contributed by atoms with Crippen molar-refractivity contribution in [3.63, 3.8) is 0 Å². The van der Waals surface area contributed by atoms with Crippen LogP contribution >= 0.6 is 0 Å². The molecule has 0 fully saturated rings. The predicted molar refractivity (Wildman–Crippen MR) is 109 cm³/mol. The first-order chi connectivity index (χ1) is 13.2. The summed E-state index contributed by atoms with van der Waals surface area (Å²) in [6, 6.07) is 12.9. The van der Waals surface area contributed by atoms with E-state index in [0.29, 0.717) is 17.2 Å². The van der Waals surface area contributed by atoms with Crippen LogP contribution in [-0.4, -0.2) is 40.8 Å². The third-order valence-corrected chi connectivity index (χ3v) is 5.61. The van der Waals surface area contributed by atoms with E-state index in [1.807, 2.05) is 37.3 Å². The molecule has 1 N–H and O–H groups in total. The maximum atomic E-state index is 12.8. The van der Waals surface area contributed by atoms with Crippen molar-refractivity contribution in [1.29, 1.82) is 0 Å². The van der Waals surface area contributed by atoms with Crippen LogP contribution in [0.2, 0.25) is 0 Å². The molecule has 0 radical (unpaired) electrons. The van der Waals surface area contributed by atoms with E-state index in [-0.39, 0.29) is 6.04 Å². The third-order valence-electron chi connectivity index (χ3n) is 4.37. The Morgan fingerprint density at radius 3 is 2.14 bits per heavy atom. The lowest BCUT2D eigenvalue weighted by atomic mass is 10.1. The van der Waals surface area contributed by atoms with Crippen LogP contribution in [0.5, 0.6) is 11.5 Å². The Bertz CT molecular complexity index is 915. The molecule has 2 atom stereocenters. The van der Waals surface area contributed by atoms with Crippen molar-refractivity contribution in [3.8, 4) is 11.5 Å². The summed E-state index contributed by atoms with van der Waals surface area (Å²) in [7, 11) is -0.776.